The molecule has 1 rings (SSSR count). The lowest BCUT2D eigenvalue weighted by Crippen LogP contribution is -2.09. The van der Waals surface area contributed by atoms with E-state index in [4.69, 9.17) is 10.3 Å². The van der Waals surface area contributed by atoms with Gasteiger partial charge in [-0.25, -0.2) is 0 Å². The molecule has 0 aromatic carbocycles. The summed E-state index contributed by atoms with van der Waals surface area (Å²) in [7, 11) is 0. The topological polar surface area (TPSA) is 75.1 Å². The number of ether oxygens (including phenoxy) is 1. The molecule has 0 radical (unpaired) electrons. The molecule has 0 N–H and O–H groups in total. The van der Waals surface area contributed by atoms with Gasteiger partial charge in [0.15, 0.2) is 0 Å². The Labute approximate surface area is 57.6 Å². The lowest BCUT2D eigenvalue weighted by Gasteiger charge is -2.01. The van der Waals surface area contributed by atoms with Gasteiger partial charge in [0.2, 0.25) is 0 Å². The van der Waals surface area contributed by atoms with Crippen molar-refractivity contribution >= 4 is 5.97 Å². The van der Waals surface area contributed by atoms with Crippen molar-refractivity contribution in [1.82, 2.24) is 0 Å². The zero-order valence-electron chi connectivity index (χ0n) is 5.36. The molecule has 10 heavy (non-hydrogen) atoms. The molecule has 1 saturated heterocycles. The standard InChI is InChI=1S/C5H7N3O2/c6-8-7-3-4-1-2-5(9)10-4/h4H,1-3H2/t4-/m1/s1. The Morgan fingerprint density at radius 2 is 2.70 bits per heavy atom. The van der Waals surface area contributed by atoms with E-state index in [2.05, 4.69) is 10.0 Å². The SMILES string of the molecule is [N-]=[N+]=NC[C@H]1CCC(=O)O1. The van der Waals surface area contributed by atoms with Gasteiger partial charge in [0.1, 0.15) is 6.10 Å². The molecule has 1 aliphatic heterocycles. The monoisotopic (exact) mass is 141 g/mol. The van der Waals surface area contributed by atoms with Gasteiger partial charge >= 0.3 is 5.97 Å². The Kier molecular flexibility index (Phi) is 2.12. The van der Waals surface area contributed by atoms with Crippen LogP contribution >= 0.6 is 0 Å². The highest BCUT2D eigenvalue weighted by molar-refractivity contribution is 5.71. The fourth-order valence-electron chi connectivity index (χ4n) is 0.839. The van der Waals surface area contributed by atoms with Crippen molar-refractivity contribution in [1.29, 1.82) is 0 Å². The maximum absolute atomic E-state index is 10.5. The number of rotatable bonds is 2. The minimum absolute atomic E-state index is 0.177. The Morgan fingerprint density at radius 3 is 3.20 bits per heavy atom. The van der Waals surface area contributed by atoms with Crippen LogP contribution in [0.1, 0.15) is 12.8 Å². The van der Waals surface area contributed by atoms with E-state index < -0.39 is 0 Å². The molecule has 5 nitrogen and oxygen atoms in total. The second-order valence-electron chi connectivity index (χ2n) is 2.06. The highest BCUT2D eigenvalue weighted by atomic mass is 16.5. The maximum atomic E-state index is 10.5. The molecule has 54 valence electrons. The first-order chi connectivity index (χ1) is 4.83. The van der Waals surface area contributed by atoms with Crippen molar-refractivity contribution in [3.05, 3.63) is 10.4 Å². The van der Waals surface area contributed by atoms with Crippen molar-refractivity contribution in [2.45, 2.75) is 18.9 Å². The van der Waals surface area contributed by atoms with Gasteiger partial charge in [-0.1, -0.05) is 5.11 Å². The van der Waals surface area contributed by atoms with Crippen LogP contribution in [-0.2, 0) is 9.53 Å². The molecule has 1 atom stereocenters. The number of hydrogen-bond acceptors (Lipinski definition) is 3. The molecule has 0 bridgehead atoms. The summed E-state index contributed by atoms with van der Waals surface area (Å²) in [6.45, 7) is 0.266. The molecule has 1 fully saturated rings. The summed E-state index contributed by atoms with van der Waals surface area (Å²) in [6.07, 6.45) is 0.951. The number of carbonyl (C=O) groups is 1. The van der Waals surface area contributed by atoms with Gasteiger partial charge < -0.3 is 4.74 Å². The average Bonchev–Trinajstić information content (AvgIpc) is 2.31. The Bertz CT molecular complexity index is 185. The van der Waals surface area contributed by atoms with E-state index in [1.54, 1.807) is 0 Å². The summed E-state index contributed by atoms with van der Waals surface area (Å²) in [5.74, 6) is -0.196. The van der Waals surface area contributed by atoms with E-state index >= 15 is 0 Å². The minimum Gasteiger partial charge on any atom is -0.462 e. The van der Waals surface area contributed by atoms with Gasteiger partial charge in [-0.05, 0) is 12.0 Å². The summed E-state index contributed by atoms with van der Waals surface area (Å²) < 4.78 is 4.76. The van der Waals surface area contributed by atoms with Gasteiger partial charge in [0, 0.05) is 11.3 Å². The smallest absolute Gasteiger partial charge is 0.306 e. The first kappa shape index (κ1) is 6.89. The predicted molar refractivity (Wildman–Crippen MR) is 33.1 cm³/mol. The number of carbonyl (C=O) groups excluding carboxylic acids is 1. The van der Waals surface area contributed by atoms with Crippen LogP contribution < -0.4 is 0 Å². The highest BCUT2D eigenvalue weighted by Gasteiger charge is 2.21. The second kappa shape index (κ2) is 3.08. The molecular weight excluding hydrogens is 134 g/mol. The number of azide groups is 1. The Morgan fingerprint density at radius 1 is 1.90 bits per heavy atom. The maximum Gasteiger partial charge on any atom is 0.306 e. The second-order valence-corrected chi connectivity index (χ2v) is 2.06. The number of nitrogens with zero attached hydrogens (tertiary/aromatic N) is 3. The molecule has 0 spiro atoms. The normalized spacial score (nSPS) is 23.6. The van der Waals surface area contributed by atoms with Crippen LogP contribution in [0.5, 0.6) is 0 Å². The van der Waals surface area contributed by atoms with Crippen molar-refractivity contribution in [2.24, 2.45) is 5.11 Å². The van der Waals surface area contributed by atoms with E-state index in [9.17, 15) is 4.79 Å². The molecule has 5 heteroatoms. The van der Waals surface area contributed by atoms with Crippen LogP contribution in [0, 0.1) is 0 Å². The predicted octanol–water partition coefficient (Wildman–Crippen LogP) is 1.00. The van der Waals surface area contributed by atoms with Gasteiger partial charge in [-0.2, -0.15) is 0 Å². The van der Waals surface area contributed by atoms with Crippen molar-refractivity contribution in [2.75, 3.05) is 6.54 Å². The lowest BCUT2D eigenvalue weighted by atomic mass is 10.2. The van der Waals surface area contributed by atoms with E-state index in [1.165, 1.54) is 0 Å². The van der Waals surface area contributed by atoms with Crippen LogP contribution in [0.2, 0.25) is 0 Å². The highest BCUT2D eigenvalue weighted by Crippen LogP contribution is 2.13. The van der Waals surface area contributed by atoms with Gasteiger partial charge in [0.25, 0.3) is 0 Å². The summed E-state index contributed by atoms with van der Waals surface area (Å²) in [5, 5.41) is 3.29. The summed E-state index contributed by atoms with van der Waals surface area (Å²) in [5.41, 5.74) is 7.91. The number of esters is 1. The van der Waals surface area contributed by atoms with E-state index in [0.29, 0.717) is 12.8 Å². The van der Waals surface area contributed by atoms with E-state index in [0.717, 1.165) is 0 Å². The summed E-state index contributed by atoms with van der Waals surface area (Å²) in [6, 6.07) is 0. The summed E-state index contributed by atoms with van der Waals surface area (Å²) in [4.78, 5) is 13.0. The molecule has 0 saturated carbocycles. The quantitative estimate of drug-likeness (QED) is 0.249. The molecule has 0 aromatic rings. The van der Waals surface area contributed by atoms with Gasteiger partial charge in [0.05, 0.1) is 6.54 Å². The molecular formula is C5H7N3O2. The fraction of sp³-hybridized carbons (Fsp3) is 0.800. The zero-order valence-corrected chi connectivity index (χ0v) is 5.36. The third kappa shape index (κ3) is 1.63. The largest absolute Gasteiger partial charge is 0.462 e. The van der Waals surface area contributed by atoms with Crippen LogP contribution in [-0.4, -0.2) is 18.6 Å². The molecule has 1 aliphatic rings. The molecule has 0 aliphatic carbocycles. The Balaban J connectivity index is 2.31. The van der Waals surface area contributed by atoms with Crippen molar-refractivity contribution in [3.8, 4) is 0 Å². The lowest BCUT2D eigenvalue weighted by molar-refractivity contribution is -0.141. The average molecular weight is 141 g/mol. The molecule has 0 aromatic heterocycles. The van der Waals surface area contributed by atoms with Crippen molar-refractivity contribution < 1.29 is 9.53 Å². The minimum atomic E-state index is -0.196. The molecule has 1 heterocycles. The summed E-state index contributed by atoms with van der Waals surface area (Å²) >= 11 is 0. The zero-order chi connectivity index (χ0) is 7.40. The third-order valence-electron chi connectivity index (χ3n) is 1.32. The van der Waals surface area contributed by atoms with E-state index in [1.807, 2.05) is 0 Å². The van der Waals surface area contributed by atoms with E-state index in [-0.39, 0.29) is 18.6 Å². The van der Waals surface area contributed by atoms with Crippen LogP contribution in [0.15, 0.2) is 5.11 Å². The van der Waals surface area contributed by atoms with Crippen molar-refractivity contribution in [3.63, 3.8) is 0 Å². The van der Waals surface area contributed by atoms with Gasteiger partial charge in [-0.3, -0.25) is 4.79 Å². The molecule has 0 unspecified atom stereocenters. The molecule has 0 amide bonds. The van der Waals surface area contributed by atoms with Crippen LogP contribution in [0.4, 0.5) is 0 Å². The Hall–Kier alpha value is -1.22. The first-order valence-corrected chi connectivity index (χ1v) is 3.03. The van der Waals surface area contributed by atoms with Crippen LogP contribution in [0.25, 0.3) is 10.4 Å². The van der Waals surface area contributed by atoms with Gasteiger partial charge in [-0.15, -0.1) is 0 Å². The fourth-order valence-corrected chi connectivity index (χ4v) is 0.839. The number of hydrogen-bond donors (Lipinski definition) is 0. The number of cyclic esters (lactones) is 1. The third-order valence-corrected chi connectivity index (χ3v) is 1.32. The first-order valence-electron chi connectivity index (χ1n) is 3.03. The van der Waals surface area contributed by atoms with Crippen LogP contribution in [0.3, 0.4) is 0 Å².